The topological polar surface area (TPSA) is 0 Å². The van der Waals surface area contributed by atoms with E-state index in [1.165, 1.54) is 83.5 Å². The molecule has 0 aliphatic heterocycles. The highest BCUT2D eigenvalue weighted by molar-refractivity contribution is 7.05. The van der Waals surface area contributed by atoms with E-state index in [9.17, 15) is 0 Å². The Labute approximate surface area is 138 Å². The fourth-order valence-corrected chi connectivity index (χ4v) is 2.19. The largest absolute Gasteiger partial charge is 0.393 e. The van der Waals surface area contributed by atoms with Gasteiger partial charge in [-0.15, -0.1) is 0 Å². The lowest BCUT2D eigenvalue weighted by Gasteiger charge is -2.02. The maximum Gasteiger partial charge on any atom is 0.393 e. The molecule has 20 heavy (non-hydrogen) atoms. The average Bonchev–Trinajstić information content (AvgIpc) is 2.39. The Balaban J connectivity index is 0. The lowest BCUT2D eigenvalue weighted by Crippen LogP contribution is -1.82. The maximum atomic E-state index is 5.41. The van der Waals surface area contributed by atoms with E-state index in [0.29, 0.717) is 0 Å². The van der Waals surface area contributed by atoms with Crippen LogP contribution in [0.1, 0.15) is 96.8 Å². The summed E-state index contributed by atoms with van der Waals surface area (Å²) < 4.78 is 0. The molecule has 0 bridgehead atoms. The molecule has 0 aromatic rings. The molecule has 0 heterocycles. The summed E-state index contributed by atoms with van der Waals surface area (Å²) in [6, 6.07) is 0. The van der Waals surface area contributed by atoms with Crippen molar-refractivity contribution in [2.45, 2.75) is 108 Å². The van der Waals surface area contributed by atoms with Crippen LogP contribution in [0.15, 0.2) is 0 Å². The van der Waals surface area contributed by atoms with Crippen LogP contribution in [-0.2, 0) is 0 Å². The molecule has 0 fully saturated rings. The molecule has 121 valence electrons. The lowest BCUT2D eigenvalue weighted by atomic mass is 10.0. The molecule has 0 aliphatic carbocycles. The highest BCUT2D eigenvalue weighted by Gasteiger charge is 1.92. The van der Waals surface area contributed by atoms with Crippen molar-refractivity contribution in [3.8, 4) is 0 Å². The SMILES string of the molecule is [CH2]CCCCCCCCCCCCCCC.[CH3][Al]([CH3])[Cl]. The fraction of sp³-hybridized carbons (Fsp3) is 0.944. The molecular weight excluding hydrogens is 279 g/mol. The second-order valence-corrected chi connectivity index (χ2v) is 10.8. The summed E-state index contributed by atoms with van der Waals surface area (Å²) in [5, 5.41) is 0. The predicted molar refractivity (Wildman–Crippen MR) is 99.0 cm³/mol. The van der Waals surface area contributed by atoms with Gasteiger partial charge in [0.25, 0.3) is 0 Å². The average molecular weight is 318 g/mol. The van der Waals surface area contributed by atoms with Gasteiger partial charge in [0, 0.05) is 0 Å². The Morgan fingerprint density at radius 1 is 0.650 bits per heavy atom. The number of rotatable bonds is 13. The third-order valence-electron chi connectivity index (χ3n) is 3.35. The van der Waals surface area contributed by atoms with E-state index in [4.69, 9.17) is 10.0 Å². The van der Waals surface area contributed by atoms with Crippen LogP contribution in [0.3, 0.4) is 0 Å². The van der Waals surface area contributed by atoms with Crippen molar-refractivity contribution in [1.82, 2.24) is 0 Å². The minimum Gasteiger partial charge on any atom is -0.262 e. The third kappa shape index (κ3) is 31.3. The minimum absolute atomic E-state index is 0.667. The predicted octanol–water partition coefficient (Wildman–Crippen LogP) is 7.78. The summed E-state index contributed by atoms with van der Waals surface area (Å²) in [6.45, 7) is 6.16. The molecule has 0 N–H and O–H groups in total. The number of hydrogen-bond acceptors (Lipinski definition) is 0. The molecule has 2 heteroatoms. The summed E-state index contributed by atoms with van der Waals surface area (Å²) in [7, 11) is 5.41. The van der Waals surface area contributed by atoms with Crippen molar-refractivity contribution in [3.05, 3.63) is 6.92 Å². The van der Waals surface area contributed by atoms with Crippen LogP contribution in [0.25, 0.3) is 0 Å². The molecule has 0 nitrogen and oxygen atoms in total. The first-order valence-corrected chi connectivity index (χ1v) is 13.1. The van der Waals surface area contributed by atoms with E-state index in [2.05, 4.69) is 25.4 Å². The summed E-state index contributed by atoms with van der Waals surface area (Å²) in [6.07, 6.45) is 19.8. The summed E-state index contributed by atoms with van der Waals surface area (Å²) in [5.74, 6) is 4.14. The summed E-state index contributed by atoms with van der Waals surface area (Å²) >= 11 is -0.667. The monoisotopic (exact) mass is 317 g/mol. The smallest absolute Gasteiger partial charge is 0.262 e. The zero-order valence-electron chi connectivity index (χ0n) is 14.6. The number of hydrogen-bond donors (Lipinski definition) is 0. The van der Waals surface area contributed by atoms with Gasteiger partial charge in [0.05, 0.1) is 0 Å². The van der Waals surface area contributed by atoms with Crippen LogP contribution in [0.5, 0.6) is 0 Å². The third-order valence-corrected chi connectivity index (χ3v) is 3.35. The van der Waals surface area contributed by atoms with Gasteiger partial charge in [-0.2, -0.15) is 0 Å². The van der Waals surface area contributed by atoms with E-state index in [-0.39, 0.29) is 0 Å². The molecule has 0 atom stereocenters. The standard InChI is InChI=1S/C16H33.2CH3.Al.ClH/c1-3-5-7-9-11-13-15-16-14-12-10-8-6-4-2;;;;/h1,3-16H2,2H3;2*1H3;;1H/q;;;+1;/p-1. The molecular formula is C18H39AlCl. The molecule has 0 aliphatic rings. The van der Waals surface area contributed by atoms with Gasteiger partial charge in [0.2, 0.25) is 0 Å². The van der Waals surface area contributed by atoms with Crippen LogP contribution in [0.2, 0.25) is 11.6 Å². The van der Waals surface area contributed by atoms with Gasteiger partial charge >= 0.3 is 13.2 Å². The molecule has 0 rings (SSSR count). The van der Waals surface area contributed by atoms with Gasteiger partial charge in [0.1, 0.15) is 0 Å². The molecule has 0 aromatic carbocycles. The zero-order valence-corrected chi connectivity index (χ0v) is 16.5. The van der Waals surface area contributed by atoms with Crippen LogP contribution in [0, 0.1) is 6.92 Å². The zero-order chi connectivity index (χ0) is 15.5. The van der Waals surface area contributed by atoms with Crippen molar-refractivity contribution >= 4 is 23.3 Å². The Morgan fingerprint density at radius 2 is 0.900 bits per heavy atom. The number of unbranched alkanes of at least 4 members (excludes halogenated alkanes) is 13. The van der Waals surface area contributed by atoms with E-state index >= 15 is 0 Å². The van der Waals surface area contributed by atoms with Gasteiger partial charge in [-0.25, -0.2) is 0 Å². The Morgan fingerprint density at radius 3 is 1.15 bits per heavy atom. The quantitative estimate of drug-likeness (QED) is 0.240. The van der Waals surface area contributed by atoms with Crippen molar-refractivity contribution < 1.29 is 0 Å². The second-order valence-electron chi connectivity index (χ2n) is 6.11. The van der Waals surface area contributed by atoms with Crippen LogP contribution >= 0.6 is 10.0 Å². The Bertz CT molecular complexity index is 132. The van der Waals surface area contributed by atoms with E-state index in [1.807, 2.05) is 0 Å². The van der Waals surface area contributed by atoms with E-state index in [1.54, 1.807) is 0 Å². The lowest BCUT2D eigenvalue weighted by molar-refractivity contribution is 0.540. The van der Waals surface area contributed by atoms with Crippen LogP contribution in [-0.4, -0.2) is 13.2 Å². The van der Waals surface area contributed by atoms with E-state index < -0.39 is 13.2 Å². The van der Waals surface area contributed by atoms with Crippen molar-refractivity contribution in [2.24, 2.45) is 0 Å². The first kappa shape index (κ1) is 23.1. The van der Waals surface area contributed by atoms with Gasteiger partial charge < -0.3 is 0 Å². The molecule has 0 unspecified atom stereocenters. The van der Waals surface area contributed by atoms with Crippen LogP contribution < -0.4 is 0 Å². The van der Waals surface area contributed by atoms with Gasteiger partial charge in [-0.1, -0.05) is 115 Å². The van der Waals surface area contributed by atoms with Gasteiger partial charge in [-0.05, 0) is 0 Å². The van der Waals surface area contributed by atoms with Gasteiger partial charge in [0.15, 0.2) is 0 Å². The summed E-state index contributed by atoms with van der Waals surface area (Å²) in [5.41, 5.74) is 0. The number of halogens is 1. The normalized spacial score (nSPS) is 10.1. The molecule has 0 aromatic heterocycles. The molecule has 0 saturated heterocycles. The van der Waals surface area contributed by atoms with Gasteiger partial charge in [-0.3, -0.25) is 10.0 Å². The first-order chi connectivity index (χ1) is 9.65. The van der Waals surface area contributed by atoms with E-state index in [0.717, 1.165) is 6.42 Å². The Hall–Kier alpha value is 0.822. The second kappa shape index (κ2) is 22.1. The molecule has 1 radical (unpaired) electrons. The summed E-state index contributed by atoms with van der Waals surface area (Å²) in [4.78, 5) is 0. The van der Waals surface area contributed by atoms with Crippen molar-refractivity contribution in [3.63, 3.8) is 0 Å². The first-order valence-electron chi connectivity index (χ1n) is 9.08. The van der Waals surface area contributed by atoms with Crippen LogP contribution in [0.4, 0.5) is 0 Å². The minimum atomic E-state index is -0.667. The maximum absolute atomic E-state index is 5.41. The fourth-order valence-electron chi connectivity index (χ4n) is 2.19. The highest BCUT2D eigenvalue weighted by Crippen LogP contribution is 2.12. The van der Waals surface area contributed by atoms with Crippen molar-refractivity contribution in [1.29, 1.82) is 0 Å². The highest BCUT2D eigenvalue weighted by atomic mass is 35.6. The molecule has 0 spiro atoms. The molecule has 0 saturated carbocycles. The molecule has 0 amide bonds. The Kier molecular flexibility index (Phi) is 25.5. The van der Waals surface area contributed by atoms with Crippen molar-refractivity contribution in [2.75, 3.05) is 0 Å².